The number of aliphatic imine (C=N–C) groups is 1. The van der Waals surface area contributed by atoms with Gasteiger partial charge in [0.2, 0.25) is 0 Å². The number of aromatic nitrogens is 2. The first-order chi connectivity index (χ1) is 13.0. The molecular formula is C19H22FN5OS. The van der Waals surface area contributed by atoms with Crippen molar-refractivity contribution in [2.45, 2.75) is 26.5 Å². The van der Waals surface area contributed by atoms with Crippen LogP contribution in [-0.2, 0) is 10.5 Å². The second-order valence-corrected chi connectivity index (χ2v) is 7.46. The molecule has 0 aliphatic carbocycles. The minimum absolute atomic E-state index is 0.153. The van der Waals surface area contributed by atoms with E-state index < -0.39 is 5.92 Å². The number of anilines is 1. The van der Waals surface area contributed by atoms with E-state index in [1.165, 1.54) is 17.1 Å². The molecule has 1 unspecified atom stereocenters. The lowest BCUT2D eigenvalue weighted by atomic mass is 9.99. The predicted molar refractivity (Wildman–Crippen MR) is 108 cm³/mol. The third-order valence-electron chi connectivity index (χ3n) is 4.39. The Kier molecular flexibility index (Phi) is 6.05. The average molecular weight is 387 g/mol. The van der Waals surface area contributed by atoms with E-state index in [0.717, 1.165) is 28.6 Å². The summed E-state index contributed by atoms with van der Waals surface area (Å²) < 4.78 is 13.1. The number of imidazole rings is 1. The molecule has 142 valence electrons. The molecule has 6 nitrogen and oxygen atoms in total. The number of aromatic amines is 1. The molecule has 3 rings (SSSR count). The molecule has 2 aromatic rings. The quantitative estimate of drug-likeness (QED) is 0.583. The van der Waals surface area contributed by atoms with Gasteiger partial charge in [-0.25, -0.2) is 9.37 Å². The minimum Gasteiger partial charge on any atom is -0.348 e. The largest absolute Gasteiger partial charge is 0.348 e. The smallest absolute Gasteiger partial charge is 0.261 e. The van der Waals surface area contributed by atoms with E-state index in [0.29, 0.717) is 17.9 Å². The summed E-state index contributed by atoms with van der Waals surface area (Å²) in [6.45, 7) is 6.32. The highest BCUT2D eigenvalue weighted by atomic mass is 32.2. The van der Waals surface area contributed by atoms with E-state index in [1.54, 1.807) is 30.2 Å². The molecule has 1 aliphatic heterocycles. The van der Waals surface area contributed by atoms with Gasteiger partial charge in [0.1, 0.15) is 11.7 Å². The van der Waals surface area contributed by atoms with E-state index in [4.69, 9.17) is 0 Å². The number of hydrazone groups is 1. The molecule has 1 aromatic heterocycles. The second kappa shape index (κ2) is 8.47. The molecule has 0 radical (unpaired) electrons. The average Bonchev–Trinajstić information content (AvgIpc) is 3.18. The maximum absolute atomic E-state index is 13.1. The Morgan fingerprint density at radius 3 is 2.74 bits per heavy atom. The molecule has 8 heteroatoms. The molecule has 0 spiro atoms. The molecular weight excluding hydrogens is 365 g/mol. The van der Waals surface area contributed by atoms with Crippen molar-refractivity contribution in [2.75, 3.05) is 17.3 Å². The van der Waals surface area contributed by atoms with Crippen molar-refractivity contribution in [1.29, 1.82) is 0 Å². The standard InChI is InChI=1S/C19H22FN5OS/c1-12-17(23-11-22-12)10-27-9-8-21-13(2)18-14(3)24-25(19(18)26)16-6-4-15(20)5-7-16/h4-7,11,18H,8-10H2,1-3H3,(H,22,23). The van der Waals surface area contributed by atoms with E-state index in [1.807, 2.05) is 20.8 Å². The number of hydrogen-bond acceptors (Lipinski definition) is 5. The van der Waals surface area contributed by atoms with E-state index in [9.17, 15) is 9.18 Å². The Balaban J connectivity index is 1.56. The summed E-state index contributed by atoms with van der Waals surface area (Å²) in [5.74, 6) is 0.741. The molecule has 0 saturated heterocycles. The summed E-state index contributed by atoms with van der Waals surface area (Å²) in [5, 5.41) is 5.67. The van der Waals surface area contributed by atoms with Crippen LogP contribution in [0.5, 0.6) is 0 Å². The number of nitrogens with zero attached hydrogens (tertiary/aromatic N) is 4. The lowest BCUT2D eigenvalue weighted by Crippen LogP contribution is -2.31. The number of aryl methyl sites for hydroxylation is 1. The number of halogens is 1. The van der Waals surface area contributed by atoms with Crippen molar-refractivity contribution in [1.82, 2.24) is 9.97 Å². The van der Waals surface area contributed by atoms with Gasteiger partial charge in [-0.15, -0.1) is 0 Å². The number of amides is 1. The number of carbonyl (C=O) groups excluding carboxylic acids is 1. The van der Waals surface area contributed by atoms with E-state index in [2.05, 4.69) is 20.1 Å². The zero-order chi connectivity index (χ0) is 19.4. The summed E-state index contributed by atoms with van der Waals surface area (Å²) in [6, 6.07) is 5.74. The zero-order valence-electron chi connectivity index (χ0n) is 15.6. The Labute approximate surface area is 162 Å². The molecule has 1 atom stereocenters. The van der Waals surface area contributed by atoms with Crippen molar-refractivity contribution in [2.24, 2.45) is 16.0 Å². The van der Waals surface area contributed by atoms with Gasteiger partial charge in [-0.3, -0.25) is 9.79 Å². The van der Waals surface area contributed by atoms with Crippen LogP contribution in [0.4, 0.5) is 10.1 Å². The molecule has 2 heterocycles. The van der Waals surface area contributed by atoms with Crippen molar-refractivity contribution < 1.29 is 9.18 Å². The second-order valence-electron chi connectivity index (χ2n) is 6.35. The Morgan fingerprint density at radius 1 is 1.33 bits per heavy atom. The van der Waals surface area contributed by atoms with Crippen LogP contribution in [-0.4, -0.2) is 39.6 Å². The molecule has 1 N–H and O–H groups in total. The lowest BCUT2D eigenvalue weighted by Gasteiger charge is -2.14. The van der Waals surface area contributed by atoms with Gasteiger partial charge < -0.3 is 4.98 Å². The number of H-pyrrole nitrogens is 1. The van der Waals surface area contributed by atoms with Crippen molar-refractivity contribution >= 4 is 34.8 Å². The molecule has 1 amide bonds. The third-order valence-corrected chi connectivity index (χ3v) is 5.34. The van der Waals surface area contributed by atoms with Gasteiger partial charge in [0.05, 0.1) is 23.4 Å². The van der Waals surface area contributed by atoms with Crippen LogP contribution < -0.4 is 5.01 Å². The highest BCUT2D eigenvalue weighted by Gasteiger charge is 2.36. The number of nitrogens with one attached hydrogen (secondary N) is 1. The van der Waals surface area contributed by atoms with Crippen LogP contribution >= 0.6 is 11.8 Å². The lowest BCUT2D eigenvalue weighted by molar-refractivity contribution is -0.118. The topological polar surface area (TPSA) is 73.7 Å². The molecule has 0 saturated carbocycles. The molecule has 1 aliphatic rings. The Hall–Kier alpha value is -2.48. The van der Waals surface area contributed by atoms with Gasteiger partial charge >= 0.3 is 0 Å². The van der Waals surface area contributed by atoms with Crippen LogP contribution in [0.3, 0.4) is 0 Å². The summed E-state index contributed by atoms with van der Waals surface area (Å²) in [6.07, 6.45) is 1.70. The SMILES string of the molecule is CC(=NCCSCc1nc[nH]c1C)C1C(=O)N(c2ccc(F)cc2)N=C1C. The van der Waals surface area contributed by atoms with Crippen LogP contribution in [0.25, 0.3) is 0 Å². The zero-order valence-corrected chi connectivity index (χ0v) is 16.4. The number of rotatable bonds is 7. The highest BCUT2D eigenvalue weighted by Crippen LogP contribution is 2.25. The van der Waals surface area contributed by atoms with Gasteiger partial charge in [-0.1, -0.05) is 0 Å². The van der Waals surface area contributed by atoms with Crippen LogP contribution in [0.2, 0.25) is 0 Å². The Bertz CT molecular complexity index is 874. The van der Waals surface area contributed by atoms with E-state index in [-0.39, 0.29) is 11.7 Å². The molecule has 0 bridgehead atoms. The fourth-order valence-electron chi connectivity index (χ4n) is 2.89. The minimum atomic E-state index is -0.450. The number of thioether (sulfide) groups is 1. The van der Waals surface area contributed by atoms with Crippen LogP contribution in [0.15, 0.2) is 40.7 Å². The van der Waals surface area contributed by atoms with Gasteiger partial charge in [0, 0.05) is 29.5 Å². The maximum Gasteiger partial charge on any atom is 0.261 e. The normalized spacial score (nSPS) is 17.6. The van der Waals surface area contributed by atoms with Crippen molar-refractivity contribution in [3.8, 4) is 0 Å². The molecule has 0 fully saturated rings. The molecule has 1 aromatic carbocycles. The monoisotopic (exact) mass is 387 g/mol. The predicted octanol–water partition coefficient (Wildman–Crippen LogP) is 3.59. The summed E-state index contributed by atoms with van der Waals surface area (Å²) in [7, 11) is 0. The highest BCUT2D eigenvalue weighted by molar-refractivity contribution is 7.98. The van der Waals surface area contributed by atoms with Crippen molar-refractivity contribution in [3.05, 3.63) is 47.8 Å². The third kappa shape index (κ3) is 4.44. The van der Waals surface area contributed by atoms with Crippen LogP contribution in [0, 0.1) is 18.7 Å². The fourth-order valence-corrected chi connectivity index (χ4v) is 3.74. The first kappa shape index (κ1) is 19.3. The number of hydrogen-bond donors (Lipinski definition) is 1. The summed E-state index contributed by atoms with van der Waals surface area (Å²) in [4.78, 5) is 24.7. The molecule has 27 heavy (non-hydrogen) atoms. The number of carbonyl (C=O) groups is 1. The Morgan fingerprint density at radius 2 is 2.07 bits per heavy atom. The van der Waals surface area contributed by atoms with E-state index >= 15 is 0 Å². The van der Waals surface area contributed by atoms with Gasteiger partial charge in [-0.05, 0) is 45.0 Å². The first-order valence-electron chi connectivity index (χ1n) is 8.69. The first-order valence-corrected chi connectivity index (χ1v) is 9.85. The van der Waals surface area contributed by atoms with Crippen LogP contribution in [0.1, 0.15) is 25.2 Å². The van der Waals surface area contributed by atoms with Gasteiger partial charge in [0.15, 0.2) is 0 Å². The number of benzene rings is 1. The maximum atomic E-state index is 13.1. The summed E-state index contributed by atoms with van der Waals surface area (Å²) >= 11 is 1.76. The summed E-state index contributed by atoms with van der Waals surface area (Å²) in [5.41, 5.74) is 4.16. The fraction of sp³-hybridized carbons (Fsp3) is 0.368. The van der Waals surface area contributed by atoms with Crippen molar-refractivity contribution in [3.63, 3.8) is 0 Å². The van der Waals surface area contributed by atoms with Gasteiger partial charge in [0.25, 0.3) is 5.91 Å². The van der Waals surface area contributed by atoms with Gasteiger partial charge in [-0.2, -0.15) is 21.9 Å².